The van der Waals surface area contributed by atoms with Crippen molar-refractivity contribution in [3.63, 3.8) is 0 Å². The van der Waals surface area contributed by atoms with E-state index in [1.807, 2.05) is 78.8 Å². The summed E-state index contributed by atoms with van der Waals surface area (Å²) in [4.78, 5) is 51.6. The van der Waals surface area contributed by atoms with Crippen LogP contribution in [0.3, 0.4) is 0 Å². The molecule has 4 N–H and O–H groups in total. The quantitative estimate of drug-likeness (QED) is 0.108. The van der Waals surface area contributed by atoms with E-state index in [0.717, 1.165) is 47.5 Å². The zero-order valence-corrected chi connectivity index (χ0v) is 33.6. The summed E-state index contributed by atoms with van der Waals surface area (Å²) in [5.74, 6) is -3.67. The van der Waals surface area contributed by atoms with Crippen LogP contribution in [0.1, 0.15) is 36.1 Å². The van der Waals surface area contributed by atoms with Gasteiger partial charge < -0.3 is 34.8 Å². The Morgan fingerprint density at radius 1 is 0.787 bits per heavy atom. The average Bonchev–Trinajstić information content (AvgIpc) is 3.89. The van der Waals surface area contributed by atoms with E-state index in [1.54, 1.807) is 21.6 Å². The number of hydrogen-bond acceptors (Lipinski definition) is 9. The van der Waals surface area contributed by atoms with Gasteiger partial charge in [0, 0.05) is 62.7 Å². The minimum atomic E-state index is -4.40. The van der Waals surface area contributed by atoms with Gasteiger partial charge in [-0.1, -0.05) is 80.6 Å². The summed E-state index contributed by atoms with van der Waals surface area (Å²) in [6.07, 6.45) is -3.28. The van der Waals surface area contributed by atoms with E-state index in [9.17, 15) is 32.3 Å². The molecule has 0 radical (unpaired) electrons. The molecule has 6 aromatic rings. The van der Waals surface area contributed by atoms with Gasteiger partial charge in [0.15, 0.2) is 12.2 Å². The largest absolute Gasteiger partial charge is 0.479 e. The van der Waals surface area contributed by atoms with Gasteiger partial charge >= 0.3 is 18.1 Å². The van der Waals surface area contributed by atoms with Gasteiger partial charge in [-0.15, -0.1) is 0 Å². The number of aliphatic carboxylic acids is 2. The molecule has 0 saturated carbocycles. The third-order valence-electron chi connectivity index (χ3n) is 9.90. The van der Waals surface area contributed by atoms with E-state index in [0.29, 0.717) is 48.5 Å². The number of aliphatic hydroxyl groups excluding tert-OH is 2. The number of halogens is 3. The van der Waals surface area contributed by atoms with Crippen molar-refractivity contribution >= 4 is 23.5 Å². The molecule has 15 nitrogen and oxygen atoms in total. The summed E-state index contributed by atoms with van der Waals surface area (Å²) in [5.41, 5.74) is 4.72. The van der Waals surface area contributed by atoms with E-state index < -0.39 is 35.9 Å². The molecule has 0 spiro atoms. The second-order valence-corrected chi connectivity index (χ2v) is 14.1. The number of likely N-dealkylation sites (N-methyl/N-ethyl adjacent to an activating group) is 1. The van der Waals surface area contributed by atoms with Gasteiger partial charge in [0.1, 0.15) is 12.2 Å². The first kappa shape index (κ1) is 45.5. The topological polar surface area (TPSA) is 196 Å². The molecule has 2 atom stereocenters. The third kappa shape index (κ3) is 11.8. The van der Waals surface area contributed by atoms with Crippen molar-refractivity contribution in [2.24, 2.45) is 7.05 Å². The Bertz CT molecular complexity index is 2460. The zero-order chi connectivity index (χ0) is 44.4. The Balaban J connectivity index is 0.000000626. The van der Waals surface area contributed by atoms with Crippen LogP contribution in [0.5, 0.6) is 0 Å². The van der Waals surface area contributed by atoms with Gasteiger partial charge in [0.25, 0.3) is 5.56 Å². The number of aryl methyl sites for hydroxylation is 1. The highest BCUT2D eigenvalue weighted by Gasteiger charge is 2.30. The van der Waals surface area contributed by atoms with Crippen LogP contribution in [0.15, 0.2) is 108 Å². The van der Waals surface area contributed by atoms with E-state index >= 15 is 0 Å². The normalized spacial score (nSPS) is 12.5. The molecular formula is C43H46F3N7O8. The summed E-state index contributed by atoms with van der Waals surface area (Å²) in [7, 11) is 1.82. The van der Waals surface area contributed by atoms with Crippen molar-refractivity contribution < 1.29 is 48.0 Å². The number of rotatable bonds is 16. The summed E-state index contributed by atoms with van der Waals surface area (Å²) in [6.45, 7) is 7.33. The highest BCUT2D eigenvalue weighted by Crippen LogP contribution is 2.31. The molecule has 1 amide bonds. The molecule has 18 heteroatoms. The van der Waals surface area contributed by atoms with Gasteiger partial charge in [-0.05, 0) is 47.5 Å². The zero-order valence-electron chi connectivity index (χ0n) is 33.6. The van der Waals surface area contributed by atoms with Crippen molar-refractivity contribution in [2.75, 3.05) is 26.2 Å². The number of carboxylic acids is 2. The third-order valence-corrected chi connectivity index (χ3v) is 9.90. The number of nitrogens with zero attached hydrogens (tertiary/aromatic N) is 7. The molecule has 3 aromatic carbocycles. The smallest absolute Gasteiger partial charge is 0.416 e. The second-order valence-electron chi connectivity index (χ2n) is 14.1. The van der Waals surface area contributed by atoms with E-state index in [-0.39, 0.29) is 18.0 Å². The van der Waals surface area contributed by atoms with Crippen LogP contribution in [0, 0.1) is 0 Å². The maximum atomic E-state index is 14.3. The molecule has 61 heavy (non-hydrogen) atoms. The molecule has 3 aromatic heterocycles. The lowest BCUT2D eigenvalue weighted by molar-refractivity contribution is -0.165. The molecule has 0 aliphatic heterocycles. The molecule has 0 bridgehead atoms. The molecule has 0 unspecified atom stereocenters. The number of amides is 1. The second kappa shape index (κ2) is 20.1. The fourth-order valence-electron chi connectivity index (χ4n) is 6.44. The van der Waals surface area contributed by atoms with E-state index in [1.165, 1.54) is 16.6 Å². The lowest BCUT2D eigenvalue weighted by Gasteiger charge is -2.27. The van der Waals surface area contributed by atoms with Crippen LogP contribution in [-0.2, 0) is 47.1 Å². The average molecular weight is 846 g/mol. The Morgan fingerprint density at radius 2 is 1.38 bits per heavy atom. The van der Waals surface area contributed by atoms with Crippen LogP contribution >= 0.6 is 0 Å². The molecule has 0 fully saturated rings. The number of aliphatic hydroxyl groups is 2. The van der Waals surface area contributed by atoms with Crippen LogP contribution in [0.2, 0.25) is 0 Å². The fourth-order valence-corrected chi connectivity index (χ4v) is 6.44. The summed E-state index contributed by atoms with van der Waals surface area (Å²) < 4.78 is 44.1. The minimum Gasteiger partial charge on any atom is -0.479 e. The number of carboxylic acid groups (broad SMARTS) is 2. The maximum Gasteiger partial charge on any atom is 0.416 e. The standard InChI is InChI=1S/C39H40F3N7O2.C4H6O6/c1-4-46(5-2)19-20-47(25-28-11-13-30(14-12-28)31-15-17-34(18-16-31)39(40,41)42)37(50)27-48-26-33(21-29-23-43-45(3)24-29)38(51)49-36(48)22-35(44-49)32-9-7-6-8-10-32;5-1(3(7)8)2(6)4(9)10/h6-18,22-24,26H,4-5,19-21,25,27H2,1-3H3;1-2,5-6H,(H,7,8)(H,9,10)/t;1-,2-/m.1/s1. The monoisotopic (exact) mass is 845 g/mol. The van der Waals surface area contributed by atoms with Crippen LogP contribution in [0.4, 0.5) is 13.2 Å². The first-order valence-electron chi connectivity index (χ1n) is 19.2. The number of fused-ring (bicyclic) bond motifs is 1. The Hall–Kier alpha value is -6.63. The summed E-state index contributed by atoms with van der Waals surface area (Å²) >= 11 is 0. The van der Waals surface area contributed by atoms with Gasteiger partial charge in [-0.3, -0.25) is 14.3 Å². The number of hydrogen-bond donors (Lipinski definition) is 4. The van der Waals surface area contributed by atoms with Crippen LogP contribution in [0.25, 0.3) is 28.0 Å². The van der Waals surface area contributed by atoms with Crippen molar-refractivity contribution in [1.82, 2.24) is 33.8 Å². The van der Waals surface area contributed by atoms with Crippen molar-refractivity contribution in [3.05, 3.63) is 136 Å². The summed E-state index contributed by atoms with van der Waals surface area (Å²) in [6, 6.07) is 24.0. The number of alkyl halides is 3. The molecule has 0 aliphatic carbocycles. The predicted octanol–water partition coefficient (Wildman–Crippen LogP) is 4.42. The number of carbonyl (C=O) groups is 3. The fraction of sp³-hybridized carbons (Fsp3) is 0.302. The van der Waals surface area contributed by atoms with E-state index in [4.69, 9.17) is 20.4 Å². The predicted molar refractivity (Wildman–Crippen MR) is 218 cm³/mol. The van der Waals surface area contributed by atoms with Crippen molar-refractivity contribution in [2.45, 2.75) is 51.7 Å². The van der Waals surface area contributed by atoms with Crippen molar-refractivity contribution in [1.29, 1.82) is 0 Å². The molecular weight excluding hydrogens is 800 g/mol. The van der Waals surface area contributed by atoms with Crippen molar-refractivity contribution in [3.8, 4) is 22.4 Å². The summed E-state index contributed by atoms with van der Waals surface area (Å²) in [5, 5.41) is 41.4. The Morgan fingerprint density at radius 3 is 1.90 bits per heavy atom. The first-order valence-corrected chi connectivity index (χ1v) is 19.2. The molecule has 0 saturated heterocycles. The minimum absolute atomic E-state index is 0.0222. The van der Waals surface area contributed by atoms with E-state index in [2.05, 4.69) is 28.9 Å². The van der Waals surface area contributed by atoms with Gasteiger partial charge in [0.05, 0.1) is 17.5 Å². The Labute approximate surface area is 348 Å². The molecule has 3 heterocycles. The number of carbonyl (C=O) groups excluding carboxylic acids is 1. The van der Waals surface area contributed by atoms with Gasteiger partial charge in [-0.25, -0.2) is 9.59 Å². The van der Waals surface area contributed by atoms with Crippen LogP contribution < -0.4 is 5.56 Å². The number of benzene rings is 3. The van der Waals surface area contributed by atoms with Crippen LogP contribution in [-0.4, -0.2) is 110 Å². The lowest BCUT2D eigenvalue weighted by atomic mass is 10.0. The maximum absolute atomic E-state index is 14.3. The van der Waals surface area contributed by atoms with Gasteiger partial charge in [0.2, 0.25) is 5.91 Å². The van der Waals surface area contributed by atoms with Gasteiger partial charge in [-0.2, -0.15) is 27.9 Å². The highest BCUT2D eigenvalue weighted by atomic mass is 19.4. The molecule has 6 rings (SSSR count). The SMILES string of the molecule is CCN(CC)CCN(Cc1ccc(-c2ccc(C(F)(F)F)cc2)cc1)C(=O)Cn1cc(Cc2cnn(C)c2)c(=O)n2nc(-c3ccccc3)cc12.O=C(O)[C@H](O)[C@@H](O)C(=O)O. The molecule has 322 valence electrons. The lowest BCUT2D eigenvalue weighted by Crippen LogP contribution is -2.40. The molecule has 0 aliphatic rings. The number of aromatic nitrogens is 5. The first-order chi connectivity index (χ1) is 29.0. The Kier molecular flexibility index (Phi) is 15.0. The highest BCUT2D eigenvalue weighted by molar-refractivity contribution is 5.83.